The number of hydrogen-bond acceptors (Lipinski definition) is 3. The quantitative estimate of drug-likeness (QED) is 0.748. The van der Waals surface area contributed by atoms with E-state index in [0.717, 1.165) is 11.6 Å². The Morgan fingerprint density at radius 2 is 1.90 bits per heavy atom. The van der Waals surface area contributed by atoms with E-state index in [0.29, 0.717) is 12.1 Å². The van der Waals surface area contributed by atoms with Crippen LogP contribution in [0.3, 0.4) is 0 Å². The summed E-state index contributed by atoms with van der Waals surface area (Å²) in [5.41, 5.74) is 7.15. The molecule has 0 heterocycles. The van der Waals surface area contributed by atoms with Crippen molar-refractivity contribution in [1.29, 1.82) is 0 Å². The van der Waals surface area contributed by atoms with Crippen molar-refractivity contribution in [3.63, 3.8) is 0 Å². The fraction of sp³-hybridized carbons (Fsp3) is 0.133. The Morgan fingerprint density at radius 1 is 1.20 bits per heavy atom. The van der Waals surface area contributed by atoms with Crippen molar-refractivity contribution in [2.24, 2.45) is 0 Å². The van der Waals surface area contributed by atoms with Crippen molar-refractivity contribution in [1.82, 2.24) is 0 Å². The van der Waals surface area contributed by atoms with E-state index >= 15 is 0 Å². The molecule has 0 aromatic heterocycles. The Kier molecular flexibility index (Phi) is 4.32. The number of aliphatic hydroxyl groups is 1. The minimum atomic E-state index is -0.615. The molecule has 0 radical (unpaired) electrons. The van der Waals surface area contributed by atoms with E-state index in [-0.39, 0.29) is 17.9 Å². The topological polar surface area (TPSA) is 75.4 Å². The van der Waals surface area contributed by atoms with Gasteiger partial charge in [0.25, 0.3) is 5.91 Å². The number of benzene rings is 2. The summed E-state index contributed by atoms with van der Waals surface area (Å²) in [5.74, 6) is -1.02. The smallest absolute Gasteiger partial charge is 0.255 e. The summed E-state index contributed by atoms with van der Waals surface area (Å²) < 4.78 is 13.3. The van der Waals surface area contributed by atoms with Gasteiger partial charge in [0, 0.05) is 17.9 Å². The van der Waals surface area contributed by atoms with Gasteiger partial charge in [0.2, 0.25) is 0 Å². The van der Waals surface area contributed by atoms with Gasteiger partial charge in [-0.25, -0.2) is 4.39 Å². The predicted octanol–water partition coefficient (Wildman–Crippen LogP) is 2.20. The molecule has 0 bridgehead atoms. The molecule has 0 fully saturated rings. The zero-order chi connectivity index (χ0) is 14.5. The van der Waals surface area contributed by atoms with Crippen molar-refractivity contribution < 1.29 is 14.3 Å². The molecule has 4 nitrogen and oxygen atoms in total. The Morgan fingerprint density at radius 3 is 2.50 bits per heavy atom. The molecular weight excluding hydrogens is 259 g/mol. The Bertz CT molecular complexity index is 612. The molecule has 2 aromatic rings. The van der Waals surface area contributed by atoms with Gasteiger partial charge in [-0.3, -0.25) is 4.79 Å². The number of nitrogen functional groups attached to an aromatic ring is 1. The van der Waals surface area contributed by atoms with E-state index < -0.39 is 11.7 Å². The lowest BCUT2D eigenvalue weighted by atomic mass is 10.1. The summed E-state index contributed by atoms with van der Waals surface area (Å²) >= 11 is 0. The van der Waals surface area contributed by atoms with Crippen LogP contribution in [0.25, 0.3) is 0 Å². The zero-order valence-corrected chi connectivity index (χ0v) is 10.8. The number of nitrogens with two attached hydrogens (primary N) is 1. The number of amides is 1. The zero-order valence-electron chi connectivity index (χ0n) is 10.8. The molecule has 1 amide bonds. The van der Waals surface area contributed by atoms with E-state index in [1.165, 1.54) is 12.1 Å². The Hall–Kier alpha value is -2.40. The first-order valence-corrected chi connectivity index (χ1v) is 6.16. The predicted molar refractivity (Wildman–Crippen MR) is 76.0 cm³/mol. The van der Waals surface area contributed by atoms with Crippen LogP contribution >= 0.6 is 0 Å². The molecule has 0 aliphatic heterocycles. The number of hydrogen-bond donors (Lipinski definition) is 3. The van der Waals surface area contributed by atoms with Crippen molar-refractivity contribution in [2.45, 2.75) is 6.42 Å². The standard InChI is InChI=1S/C15H15FN2O2/c16-13-9-11(3-6-14(13)17)15(20)18-12-4-1-10(2-5-12)7-8-19/h1-6,9,19H,7-8,17H2,(H,18,20). The van der Waals surface area contributed by atoms with Crippen molar-refractivity contribution in [3.8, 4) is 0 Å². The van der Waals surface area contributed by atoms with Crippen LogP contribution in [0.4, 0.5) is 15.8 Å². The molecule has 5 heteroatoms. The van der Waals surface area contributed by atoms with Gasteiger partial charge < -0.3 is 16.2 Å². The summed E-state index contributed by atoms with van der Waals surface area (Å²) in [5, 5.41) is 11.5. The number of carbonyl (C=O) groups excluding carboxylic acids is 1. The number of carbonyl (C=O) groups is 1. The molecule has 0 saturated heterocycles. The molecular formula is C15H15FN2O2. The maximum Gasteiger partial charge on any atom is 0.255 e. The monoisotopic (exact) mass is 274 g/mol. The fourth-order valence-corrected chi connectivity index (χ4v) is 1.76. The van der Waals surface area contributed by atoms with Crippen LogP contribution in [-0.2, 0) is 6.42 Å². The van der Waals surface area contributed by atoms with Crippen LogP contribution < -0.4 is 11.1 Å². The van der Waals surface area contributed by atoms with Crippen LogP contribution in [0.5, 0.6) is 0 Å². The van der Waals surface area contributed by atoms with Crippen LogP contribution in [0.1, 0.15) is 15.9 Å². The number of nitrogens with one attached hydrogen (secondary N) is 1. The van der Waals surface area contributed by atoms with E-state index in [4.69, 9.17) is 10.8 Å². The normalized spacial score (nSPS) is 10.3. The molecule has 104 valence electrons. The largest absolute Gasteiger partial charge is 0.396 e. The maximum absolute atomic E-state index is 13.3. The summed E-state index contributed by atoms with van der Waals surface area (Å²) in [7, 11) is 0. The second-order valence-electron chi connectivity index (χ2n) is 4.36. The van der Waals surface area contributed by atoms with E-state index in [1.807, 2.05) is 12.1 Å². The van der Waals surface area contributed by atoms with Gasteiger partial charge in [-0.15, -0.1) is 0 Å². The molecule has 4 N–H and O–H groups in total. The number of anilines is 2. The average Bonchev–Trinajstić information content (AvgIpc) is 2.44. The summed E-state index contributed by atoms with van der Waals surface area (Å²) in [6.45, 7) is 0.0798. The summed E-state index contributed by atoms with van der Waals surface area (Å²) in [6, 6.07) is 11.0. The number of halogens is 1. The first-order chi connectivity index (χ1) is 9.60. The highest BCUT2D eigenvalue weighted by molar-refractivity contribution is 6.04. The van der Waals surface area contributed by atoms with Crippen molar-refractivity contribution in [2.75, 3.05) is 17.7 Å². The van der Waals surface area contributed by atoms with E-state index in [1.54, 1.807) is 12.1 Å². The van der Waals surface area contributed by atoms with Gasteiger partial charge in [0.15, 0.2) is 0 Å². The van der Waals surface area contributed by atoms with Gasteiger partial charge in [0.05, 0.1) is 5.69 Å². The molecule has 2 rings (SSSR count). The first-order valence-electron chi connectivity index (χ1n) is 6.16. The molecule has 0 atom stereocenters. The minimum absolute atomic E-state index is 0.00917. The summed E-state index contributed by atoms with van der Waals surface area (Å²) in [4.78, 5) is 11.9. The number of rotatable bonds is 4. The average molecular weight is 274 g/mol. The molecule has 0 saturated carbocycles. The molecule has 2 aromatic carbocycles. The SMILES string of the molecule is Nc1ccc(C(=O)Nc2ccc(CCO)cc2)cc1F. The third-order valence-corrected chi connectivity index (χ3v) is 2.87. The molecule has 0 spiro atoms. The third kappa shape index (κ3) is 3.33. The lowest BCUT2D eigenvalue weighted by Crippen LogP contribution is -2.12. The van der Waals surface area contributed by atoms with Gasteiger partial charge in [-0.1, -0.05) is 12.1 Å². The third-order valence-electron chi connectivity index (χ3n) is 2.87. The van der Waals surface area contributed by atoms with Crippen molar-refractivity contribution in [3.05, 3.63) is 59.4 Å². The maximum atomic E-state index is 13.3. The molecule has 0 aliphatic rings. The molecule has 20 heavy (non-hydrogen) atoms. The highest BCUT2D eigenvalue weighted by Gasteiger charge is 2.08. The number of aliphatic hydroxyl groups excluding tert-OH is 1. The Labute approximate surface area is 116 Å². The van der Waals surface area contributed by atoms with Gasteiger partial charge in [-0.2, -0.15) is 0 Å². The van der Waals surface area contributed by atoms with Gasteiger partial charge in [-0.05, 0) is 42.3 Å². The highest BCUT2D eigenvalue weighted by atomic mass is 19.1. The van der Waals surface area contributed by atoms with Crippen LogP contribution in [0, 0.1) is 5.82 Å². The van der Waals surface area contributed by atoms with Crippen LogP contribution in [0.15, 0.2) is 42.5 Å². The molecule has 0 aliphatic carbocycles. The fourth-order valence-electron chi connectivity index (χ4n) is 1.76. The lowest BCUT2D eigenvalue weighted by molar-refractivity contribution is 0.102. The summed E-state index contributed by atoms with van der Waals surface area (Å²) in [6.07, 6.45) is 0.567. The van der Waals surface area contributed by atoms with Crippen LogP contribution in [-0.4, -0.2) is 17.6 Å². The van der Waals surface area contributed by atoms with Crippen LogP contribution in [0.2, 0.25) is 0 Å². The van der Waals surface area contributed by atoms with E-state index in [9.17, 15) is 9.18 Å². The Balaban J connectivity index is 2.08. The minimum Gasteiger partial charge on any atom is -0.396 e. The molecule has 0 unspecified atom stereocenters. The second-order valence-corrected chi connectivity index (χ2v) is 4.36. The van der Waals surface area contributed by atoms with E-state index in [2.05, 4.69) is 5.32 Å². The second kappa shape index (κ2) is 6.16. The first kappa shape index (κ1) is 14.0. The highest BCUT2D eigenvalue weighted by Crippen LogP contribution is 2.15. The van der Waals surface area contributed by atoms with Gasteiger partial charge in [0.1, 0.15) is 5.82 Å². The lowest BCUT2D eigenvalue weighted by Gasteiger charge is -2.07. The van der Waals surface area contributed by atoms with Crippen molar-refractivity contribution >= 4 is 17.3 Å². The van der Waals surface area contributed by atoms with Gasteiger partial charge >= 0.3 is 0 Å².